The van der Waals surface area contributed by atoms with E-state index in [1.807, 2.05) is 36.4 Å². The minimum atomic E-state index is -0.127. The summed E-state index contributed by atoms with van der Waals surface area (Å²) in [6.07, 6.45) is 3.27. The van der Waals surface area contributed by atoms with Crippen molar-refractivity contribution in [3.63, 3.8) is 0 Å². The summed E-state index contributed by atoms with van der Waals surface area (Å²) in [5.74, 6) is -0.127. The summed E-state index contributed by atoms with van der Waals surface area (Å²) in [7, 11) is 1.73. The topological polar surface area (TPSA) is 61.9 Å². The van der Waals surface area contributed by atoms with E-state index in [-0.39, 0.29) is 5.91 Å². The van der Waals surface area contributed by atoms with Crippen LogP contribution >= 0.6 is 11.6 Å². The first-order chi connectivity index (χ1) is 12.6. The number of rotatable bonds is 5. The molecule has 26 heavy (non-hydrogen) atoms. The predicted molar refractivity (Wildman–Crippen MR) is 99.7 cm³/mol. The van der Waals surface area contributed by atoms with Gasteiger partial charge >= 0.3 is 0 Å². The molecule has 1 heterocycles. The smallest absolute Gasteiger partial charge is 0.257 e. The number of hydrogen-bond donors (Lipinski definition) is 0. The van der Waals surface area contributed by atoms with Gasteiger partial charge in [-0.05, 0) is 29.3 Å². The van der Waals surface area contributed by atoms with Crippen LogP contribution < -0.4 is 0 Å². The monoisotopic (exact) mass is 364 g/mol. The maximum Gasteiger partial charge on any atom is 0.257 e. The number of halogens is 1. The molecule has 0 aliphatic rings. The van der Waals surface area contributed by atoms with Crippen LogP contribution in [-0.2, 0) is 13.1 Å². The van der Waals surface area contributed by atoms with Gasteiger partial charge in [0.15, 0.2) is 0 Å². The molecule has 0 N–H and O–H groups in total. The van der Waals surface area contributed by atoms with Crippen molar-refractivity contribution in [3.05, 3.63) is 88.2 Å². The lowest BCUT2D eigenvalue weighted by Crippen LogP contribution is -2.25. The summed E-state index contributed by atoms with van der Waals surface area (Å²) < 4.78 is 1.69. The molecular formula is C20H17ClN4O. The van der Waals surface area contributed by atoms with E-state index < -0.39 is 0 Å². The number of amides is 1. The van der Waals surface area contributed by atoms with E-state index in [2.05, 4.69) is 11.2 Å². The maximum atomic E-state index is 12.6. The van der Waals surface area contributed by atoms with Crippen molar-refractivity contribution in [2.45, 2.75) is 13.1 Å². The van der Waals surface area contributed by atoms with Gasteiger partial charge in [-0.3, -0.25) is 9.48 Å². The Hall–Kier alpha value is -3.10. The molecule has 5 nitrogen and oxygen atoms in total. The quantitative estimate of drug-likeness (QED) is 0.693. The zero-order valence-corrected chi connectivity index (χ0v) is 15.0. The number of hydrogen-bond acceptors (Lipinski definition) is 3. The Labute approximate surface area is 157 Å². The Kier molecular flexibility index (Phi) is 5.35. The zero-order valence-electron chi connectivity index (χ0n) is 14.3. The van der Waals surface area contributed by atoms with Crippen LogP contribution in [0.1, 0.15) is 27.0 Å². The summed E-state index contributed by atoms with van der Waals surface area (Å²) in [5.41, 5.74) is 2.94. The fourth-order valence-corrected chi connectivity index (χ4v) is 2.86. The van der Waals surface area contributed by atoms with E-state index in [0.29, 0.717) is 29.2 Å². The maximum absolute atomic E-state index is 12.6. The van der Waals surface area contributed by atoms with Gasteiger partial charge in [-0.1, -0.05) is 41.9 Å². The minimum Gasteiger partial charge on any atom is -0.337 e. The summed E-state index contributed by atoms with van der Waals surface area (Å²) in [4.78, 5) is 14.2. The molecule has 0 bridgehead atoms. The average Bonchev–Trinajstić information content (AvgIpc) is 3.11. The Bertz CT molecular complexity index is 974. The first kappa shape index (κ1) is 17.7. The van der Waals surface area contributed by atoms with Crippen LogP contribution in [0.2, 0.25) is 5.02 Å². The lowest BCUT2D eigenvalue weighted by atomic mass is 10.1. The van der Waals surface area contributed by atoms with Crippen LogP contribution in [0, 0.1) is 11.3 Å². The molecule has 0 fully saturated rings. The second-order valence-electron chi connectivity index (χ2n) is 5.99. The molecule has 1 amide bonds. The molecule has 2 aromatic carbocycles. The number of carbonyl (C=O) groups excluding carboxylic acids is 1. The third-order valence-corrected chi connectivity index (χ3v) is 4.36. The third-order valence-electron chi connectivity index (χ3n) is 3.99. The molecule has 3 aromatic rings. The van der Waals surface area contributed by atoms with Crippen LogP contribution in [0.4, 0.5) is 0 Å². The van der Waals surface area contributed by atoms with Gasteiger partial charge in [0.2, 0.25) is 0 Å². The van der Waals surface area contributed by atoms with Crippen LogP contribution in [0.15, 0.2) is 60.9 Å². The van der Waals surface area contributed by atoms with Crippen molar-refractivity contribution in [3.8, 4) is 6.07 Å². The van der Waals surface area contributed by atoms with Crippen molar-refractivity contribution in [1.82, 2.24) is 14.7 Å². The van der Waals surface area contributed by atoms with Crippen LogP contribution in [0.3, 0.4) is 0 Å². The normalized spacial score (nSPS) is 10.3. The first-order valence-electron chi connectivity index (χ1n) is 8.07. The van der Waals surface area contributed by atoms with E-state index in [1.54, 1.807) is 41.2 Å². The molecule has 0 saturated heterocycles. The standard InChI is InChI=1S/C20H17ClN4O/c1-24(12-16-6-4-5-15(9-16)10-22)20(26)18-11-23-25(14-18)13-17-7-2-3-8-19(17)21/h2-9,11,14H,12-13H2,1H3. The Morgan fingerprint density at radius 3 is 2.85 bits per heavy atom. The van der Waals surface area contributed by atoms with Crippen molar-refractivity contribution in [2.24, 2.45) is 0 Å². The van der Waals surface area contributed by atoms with E-state index in [1.165, 1.54) is 0 Å². The molecule has 0 saturated carbocycles. The highest BCUT2D eigenvalue weighted by atomic mass is 35.5. The summed E-state index contributed by atoms with van der Waals surface area (Å²) in [5, 5.41) is 13.9. The first-order valence-corrected chi connectivity index (χ1v) is 8.45. The predicted octanol–water partition coefficient (Wildman–Crippen LogP) is 3.73. The highest BCUT2D eigenvalue weighted by Crippen LogP contribution is 2.16. The number of carbonyl (C=O) groups is 1. The number of nitriles is 1. The summed E-state index contributed by atoms with van der Waals surface area (Å²) in [6, 6.07) is 16.9. The van der Waals surface area contributed by atoms with Gasteiger partial charge < -0.3 is 4.90 Å². The van der Waals surface area contributed by atoms with Gasteiger partial charge in [0, 0.05) is 24.8 Å². The molecule has 130 valence electrons. The van der Waals surface area contributed by atoms with E-state index in [0.717, 1.165) is 11.1 Å². The average molecular weight is 365 g/mol. The molecule has 0 aliphatic carbocycles. The Morgan fingerprint density at radius 2 is 2.08 bits per heavy atom. The van der Waals surface area contributed by atoms with Crippen LogP contribution in [0.25, 0.3) is 0 Å². The molecule has 0 unspecified atom stereocenters. The molecular weight excluding hydrogens is 348 g/mol. The van der Waals surface area contributed by atoms with Crippen LogP contribution in [-0.4, -0.2) is 27.6 Å². The van der Waals surface area contributed by atoms with Gasteiger partial charge in [-0.25, -0.2) is 0 Å². The fourth-order valence-electron chi connectivity index (χ4n) is 2.67. The number of benzene rings is 2. The van der Waals surface area contributed by atoms with E-state index in [9.17, 15) is 4.79 Å². The largest absolute Gasteiger partial charge is 0.337 e. The summed E-state index contributed by atoms with van der Waals surface area (Å²) >= 11 is 6.17. The van der Waals surface area contributed by atoms with Gasteiger partial charge in [-0.15, -0.1) is 0 Å². The molecule has 0 radical (unpaired) electrons. The summed E-state index contributed by atoms with van der Waals surface area (Å²) in [6.45, 7) is 0.922. The van der Waals surface area contributed by atoms with E-state index >= 15 is 0 Å². The van der Waals surface area contributed by atoms with Gasteiger partial charge in [-0.2, -0.15) is 10.4 Å². The molecule has 1 aromatic heterocycles. The van der Waals surface area contributed by atoms with Crippen molar-refractivity contribution < 1.29 is 4.79 Å². The molecule has 0 atom stereocenters. The SMILES string of the molecule is CN(Cc1cccc(C#N)c1)C(=O)c1cnn(Cc2ccccc2Cl)c1. The highest BCUT2D eigenvalue weighted by Gasteiger charge is 2.15. The second kappa shape index (κ2) is 7.85. The lowest BCUT2D eigenvalue weighted by Gasteiger charge is -2.16. The lowest BCUT2D eigenvalue weighted by molar-refractivity contribution is 0.0785. The fraction of sp³-hybridized carbons (Fsp3) is 0.150. The number of aromatic nitrogens is 2. The Morgan fingerprint density at radius 1 is 1.27 bits per heavy atom. The van der Waals surface area contributed by atoms with Gasteiger partial charge in [0.25, 0.3) is 5.91 Å². The second-order valence-corrected chi connectivity index (χ2v) is 6.40. The molecule has 0 spiro atoms. The van der Waals surface area contributed by atoms with E-state index in [4.69, 9.17) is 16.9 Å². The zero-order chi connectivity index (χ0) is 18.5. The third kappa shape index (κ3) is 4.11. The molecule has 0 aliphatic heterocycles. The number of nitrogens with zero attached hydrogens (tertiary/aromatic N) is 4. The highest BCUT2D eigenvalue weighted by molar-refractivity contribution is 6.31. The van der Waals surface area contributed by atoms with Crippen molar-refractivity contribution in [2.75, 3.05) is 7.05 Å². The van der Waals surface area contributed by atoms with Gasteiger partial charge in [0.1, 0.15) is 0 Å². The molecule has 6 heteroatoms. The van der Waals surface area contributed by atoms with Crippen LogP contribution in [0.5, 0.6) is 0 Å². The van der Waals surface area contributed by atoms with Crippen molar-refractivity contribution >= 4 is 17.5 Å². The Balaban J connectivity index is 1.69. The minimum absolute atomic E-state index is 0.127. The molecule has 3 rings (SSSR count). The van der Waals surface area contributed by atoms with Gasteiger partial charge in [0.05, 0.1) is 29.9 Å². The van der Waals surface area contributed by atoms with Crippen molar-refractivity contribution in [1.29, 1.82) is 5.26 Å².